The number of esters is 1. The van der Waals surface area contributed by atoms with Gasteiger partial charge in [-0.15, -0.1) is 0 Å². The molecule has 0 saturated heterocycles. The number of hydrogen-bond donors (Lipinski definition) is 0. The molecule has 3 rings (SSSR count). The number of carbonyl (C=O) groups excluding carboxylic acids is 1. The van der Waals surface area contributed by atoms with E-state index < -0.39 is 10.9 Å². The molecule has 2 aromatic carbocycles. The molecule has 6 nitrogen and oxygen atoms in total. The minimum absolute atomic E-state index is 0.0353. The van der Waals surface area contributed by atoms with Crippen LogP contribution in [0.3, 0.4) is 0 Å². The fourth-order valence-corrected chi connectivity index (χ4v) is 3.19. The molecule has 1 aliphatic rings. The van der Waals surface area contributed by atoms with Crippen LogP contribution in [0.4, 0.5) is 5.69 Å². The summed E-state index contributed by atoms with van der Waals surface area (Å²) in [6.45, 7) is 2.56. The predicted molar refractivity (Wildman–Crippen MR) is 95.7 cm³/mol. The quantitative estimate of drug-likeness (QED) is 0.442. The van der Waals surface area contributed by atoms with Crippen LogP contribution in [-0.2, 0) is 16.1 Å². The summed E-state index contributed by atoms with van der Waals surface area (Å²) in [5.74, 6) is -0.354. The largest absolute Gasteiger partial charge is 0.458 e. The van der Waals surface area contributed by atoms with Crippen LogP contribution in [0.2, 0.25) is 0 Å². The van der Waals surface area contributed by atoms with Crippen LogP contribution in [0.25, 0.3) is 0 Å². The minimum Gasteiger partial charge on any atom is -0.458 e. The lowest BCUT2D eigenvalue weighted by Gasteiger charge is -2.16. The lowest BCUT2D eigenvalue weighted by molar-refractivity contribution is -0.384. The van der Waals surface area contributed by atoms with E-state index in [0.29, 0.717) is 13.0 Å². The first-order valence-electron chi connectivity index (χ1n) is 8.64. The third-order valence-electron chi connectivity index (χ3n) is 4.64. The molecule has 0 unspecified atom stereocenters. The maximum Gasteiger partial charge on any atom is 0.338 e. The summed E-state index contributed by atoms with van der Waals surface area (Å²) >= 11 is 0. The summed E-state index contributed by atoms with van der Waals surface area (Å²) in [5, 5.41) is 10.8. The molecule has 0 spiro atoms. The minimum atomic E-state index is -0.533. The average molecular weight is 355 g/mol. The number of nitro groups is 1. The van der Waals surface area contributed by atoms with Gasteiger partial charge in [-0.2, -0.15) is 0 Å². The molecule has 3 atom stereocenters. The van der Waals surface area contributed by atoms with E-state index >= 15 is 0 Å². The highest BCUT2D eigenvalue weighted by Gasteiger charge is 2.35. The predicted octanol–water partition coefficient (Wildman–Crippen LogP) is 4.14. The first-order chi connectivity index (χ1) is 12.5. The number of carbonyl (C=O) groups is 1. The average Bonchev–Trinajstić information content (AvgIpc) is 3.00. The van der Waals surface area contributed by atoms with Gasteiger partial charge in [0.1, 0.15) is 6.10 Å². The number of nitrogens with zero attached hydrogens (tertiary/aromatic N) is 1. The fourth-order valence-electron chi connectivity index (χ4n) is 3.19. The molecular weight excluding hydrogens is 334 g/mol. The number of benzene rings is 2. The molecule has 6 heteroatoms. The first-order valence-corrected chi connectivity index (χ1v) is 8.64. The van der Waals surface area contributed by atoms with Crippen molar-refractivity contribution in [3.63, 3.8) is 0 Å². The van der Waals surface area contributed by atoms with E-state index in [1.165, 1.54) is 24.3 Å². The molecule has 0 heterocycles. The van der Waals surface area contributed by atoms with Crippen molar-refractivity contribution < 1.29 is 19.2 Å². The maximum absolute atomic E-state index is 12.3. The third kappa shape index (κ3) is 4.46. The molecule has 0 amide bonds. The van der Waals surface area contributed by atoms with Crippen LogP contribution in [-0.4, -0.2) is 23.1 Å². The molecule has 1 fully saturated rings. The third-order valence-corrected chi connectivity index (χ3v) is 4.64. The first kappa shape index (κ1) is 18.1. The number of non-ortho nitro benzene ring substituents is 1. The number of ether oxygens (including phenoxy) is 2. The van der Waals surface area contributed by atoms with Gasteiger partial charge in [0.25, 0.3) is 5.69 Å². The Morgan fingerprint density at radius 2 is 1.92 bits per heavy atom. The second kappa shape index (κ2) is 8.10. The molecule has 0 N–H and O–H groups in total. The smallest absolute Gasteiger partial charge is 0.338 e. The lowest BCUT2D eigenvalue weighted by atomic mass is 10.1. The summed E-state index contributed by atoms with van der Waals surface area (Å²) in [7, 11) is 0. The van der Waals surface area contributed by atoms with E-state index in [2.05, 4.69) is 0 Å². The zero-order chi connectivity index (χ0) is 18.5. The van der Waals surface area contributed by atoms with Crippen molar-refractivity contribution in [3.8, 4) is 0 Å². The van der Waals surface area contributed by atoms with Gasteiger partial charge in [0.15, 0.2) is 0 Å². The van der Waals surface area contributed by atoms with Gasteiger partial charge in [0, 0.05) is 18.6 Å². The number of hydrogen-bond acceptors (Lipinski definition) is 5. The Balaban J connectivity index is 1.55. The van der Waals surface area contributed by atoms with Crippen LogP contribution in [0, 0.1) is 16.0 Å². The molecule has 0 aromatic heterocycles. The highest BCUT2D eigenvalue weighted by Crippen LogP contribution is 2.31. The van der Waals surface area contributed by atoms with E-state index in [1.54, 1.807) is 0 Å². The number of rotatable bonds is 6. The monoisotopic (exact) mass is 355 g/mol. The topological polar surface area (TPSA) is 78.7 Å². The zero-order valence-corrected chi connectivity index (χ0v) is 14.5. The van der Waals surface area contributed by atoms with Crippen LogP contribution in [0.1, 0.15) is 35.7 Å². The van der Waals surface area contributed by atoms with E-state index in [4.69, 9.17) is 9.47 Å². The van der Waals surface area contributed by atoms with Crippen LogP contribution < -0.4 is 0 Å². The Morgan fingerprint density at radius 1 is 1.15 bits per heavy atom. The molecular formula is C20H21NO5. The Kier molecular flexibility index (Phi) is 5.63. The maximum atomic E-state index is 12.3. The highest BCUT2D eigenvalue weighted by molar-refractivity contribution is 5.90. The van der Waals surface area contributed by atoms with Crippen molar-refractivity contribution in [2.45, 2.75) is 38.6 Å². The lowest BCUT2D eigenvalue weighted by Crippen LogP contribution is -2.21. The molecule has 0 radical (unpaired) electrons. The molecule has 1 aliphatic carbocycles. The molecule has 1 saturated carbocycles. The van der Waals surface area contributed by atoms with E-state index in [0.717, 1.165) is 12.0 Å². The van der Waals surface area contributed by atoms with Crippen LogP contribution >= 0.6 is 0 Å². The van der Waals surface area contributed by atoms with E-state index in [1.807, 2.05) is 37.3 Å². The normalized spacial score (nSPS) is 22.1. The highest BCUT2D eigenvalue weighted by atomic mass is 16.6. The van der Waals surface area contributed by atoms with Gasteiger partial charge in [0.2, 0.25) is 0 Å². The Bertz CT molecular complexity index is 777. The van der Waals surface area contributed by atoms with Gasteiger partial charge >= 0.3 is 5.97 Å². The molecule has 0 bridgehead atoms. The summed E-state index contributed by atoms with van der Waals surface area (Å²) in [5.41, 5.74) is 1.18. The summed E-state index contributed by atoms with van der Waals surface area (Å²) < 4.78 is 11.5. The van der Waals surface area contributed by atoms with Gasteiger partial charge in [-0.3, -0.25) is 10.1 Å². The fraction of sp³-hybridized carbons (Fsp3) is 0.350. The zero-order valence-electron chi connectivity index (χ0n) is 14.5. The second-order valence-electron chi connectivity index (χ2n) is 6.62. The van der Waals surface area contributed by atoms with Crippen molar-refractivity contribution in [2.24, 2.45) is 5.92 Å². The van der Waals surface area contributed by atoms with Crippen molar-refractivity contribution in [2.75, 3.05) is 0 Å². The second-order valence-corrected chi connectivity index (χ2v) is 6.62. The molecule has 26 heavy (non-hydrogen) atoms. The summed E-state index contributed by atoms with van der Waals surface area (Å²) in [6.07, 6.45) is 1.24. The molecule has 0 aliphatic heterocycles. The van der Waals surface area contributed by atoms with Crippen molar-refractivity contribution in [1.82, 2.24) is 0 Å². The van der Waals surface area contributed by atoms with Crippen molar-refractivity contribution in [1.29, 1.82) is 0 Å². The Morgan fingerprint density at radius 3 is 2.65 bits per heavy atom. The standard InChI is InChI=1S/C20H21NO5/c1-14-10-18(25-13-15-6-3-2-4-7-15)12-19(14)26-20(22)16-8-5-9-17(11-16)21(23)24/h2-9,11,14,18-19H,10,12-13H2,1H3/t14-,18-,19+/m0/s1. The van der Waals surface area contributed by atoms with Gasteiger partial charge in [-0.25, -0.2) is 4.79 Å². The van der Waals surface area contributed by atoms with Gasteiger partial charge < -0.3 is 9.47 Å². The van der Waals surface area contributed by atoms with Crippen molar-refractivity contribution >= 4 is 11.7 Å². The summed E-state index contributed by atoms with van der Waals surface area (Å²) in [4.78, 5) is 22.6. The van der Waals surface area contributed by atoms with Gasteiger partial charge in [-0.1, -0.05) is 43.3 Å². The number of nitro benzene ring substituents is 1. The van der Waals surface area contributed by atoms with Gasteiger partial charge in [-0.05, 0) is 24.0 Å². The van der Waals surface area contributed by atoms with E-state index in [-0.39, 0.29) is 29.4 Å². The SMILES string of the molecule is C[C@H]1C[C@H](OCc2ccccc2)C[C@H]1OC(=O)c1cccc([N+](=O)[O-])c1. The Hall–Kier alpha value is -2.73. The summed E-state index contributed by atoms with van der Waals surface area (Å²) in [6, 6.07) is 15.5. The van der Waals surface area contributed by atoms with Crippen LogP contribution in [0.15, 0.2) is 54.6 Å². The van der Waals surface area contributed by atoms with E-state index in [9.17, 15) is 14.9 Å². The van der Waals surface area contributed by atoms with Crippen LogP contribution in [0.5, 0.6) is 0 Å². The van der Waals surface area contributed by atoms with Crippen molar-refractivity contribution in [3.05, 3.63) is 75.8 Å². The molecule has 2 aromatic rings. The molecule has 136 valence electrons. The van der Waals surface area contributed by atoms with Gasteiger partial charge in [0.05, 0.1) is 23.2 Å². The Labute approximate surface area is 151 Å².